The van der Waals surface area contributed by atoms with Crippen molar-refractivity contribution in [2.24, 2.45) is 5.73 Å². The molecule has 0 bridgehead atoms. The van der Waals surface area contributed by atoms with Gasteiger partial charge in [-0.25, -0.2) is 0 Å². The molecule has 1 aromatic rings. The SMILES string of the molecule is CCCc1cccc(C(N)=O)c1O. The van der Waals surface area contributed by atoms with Crippen LogP contribution in [0.3, 0.4) is 0 Å². The summed E-state index contributed by atoms with van der Waals surface area (Å²) in [6.45, 7) is 2.01. The average Bonchev–Trinajstić information content (AvgIpc) is 2.08. The Balaban J connectivity index is 3.10. The van der Waals surface area contributed by atoms with Crippen LogP contribution in [0.4, 0.5) is 0 Å². The molecule has 0 aromatic heterocycles. The Hall–Kier alpha value is -1.51. The van der Waals surface area contributed by atoms with Gasteiger partial charge in [0.05, 0.1) is 5.56 Å². The maximum Gasteiger partial charge on any atom is 0.252 e. The van der Waals surface area contributed by atoms with Gasteiger partial charge in [0.25, 0.3) is 5.91 Å². The number of hydrogen-bond donors (Lipinski definition) is 2. The van der Waals surface area contributed by atoms with Gasteiger partial charge in [0, 0.05) is 0 Å². The van der Waals surface area contributed by atoms with Gasteiger partial charge in [-0.2, -0.15) is 0 Å². The van der Waals surface area contributed by atoms with Gasteiger partial charge < -0.3 is 10.8 Å². The van der Waals surface area contributed by atoms with Crippen LogP contribution >= 0.6 is 0 Å². The predicted octanol–water partition coefficient (Wildman–Crippen LogP) is 1.44. The largest absolute Gasteiger partial charge is 0.507 e. The number of nitrogens with two attached hydrogens (primary N) is 1. The Bertz CT molecular complexity index is 321. The van der Waals surface area contributed by atoms with Gasteiger partial charge in [0.2, 0.25) is 0 Å². The van der Waals surface area contributed by atoms with Crippen molar-refractivity contribution < 1.29 is 9.90 Å². The van der Waals surface area contributed by atoms with E-state index < -0.39 is 5.91 Å². The van der Waals surface area contributed by atoms with Crippen LogP contribution in [0.15, 0.2) is 18.2 Å². The summed E-state index contributed by atoms with van der Waals surface area (Å²) in [5.41, 5.74) is 6.06. The molecule has 1 amide bonds. The Kier molecular flexibility index (Phi) is 2.90. The van der Waals surface area contributed by atoms with Crippen molar-refractivity contribution in [2.75, 3.05) is 0 Å². The summed E-state index contributed by atoms with van der Waals surface area (Å²) in [5.74, 6) is -0.563. The van der Waals surface area contributed by atoms with Gasteiger partial charge >= 0.3 is 0 Å². The zero-order valence-corrected chi connectivity index (χ0v) is 7.58. The molecule has 3 heteroatoms. The van der Waals surface area contributed by atoms with E-state index in [-0.39, 0.29) is 11.3 Å². The second-order valence-electron chi connectivity index (χ2n) is 2.93. The monoisotopic (exact) mass is 179 g/mol. The molecule has 13 heavy (non-hydrogen) atoms. The summed E-state index contributed by atoms with van der Waals surface area (Å²) in [4.78, 5) is 10.8. The quantitative estimate of drug-likeness (QED) is 0.737. The van der Waals surface area contributed by atoms with Crippen LogP contribution in [-0.4, -0.2) is 11.0 Å². The van der Waals surface area contributed by atoms with Crippen molar-refractivity contribution in [1.29, 1.82) is 0 Å². The second-order valence-corrected chi connectivity index (χ2v) is 2.93. The summed E-state index contributed by atoms with van der Waals surface area (Å²) in [6, 6.07) is 5.05. The molecule has 0 fully saturated rings. The maximum absolute atomic E-state index is 10.8. The van der Waals surface area contributed by atoms with Crippen molar-refractivity contribution in [3.63, 3.8) is 0 Å². The first-order valence-electron chi connectivity index (χ1n) is 4.27. The molecular weight excluding hydrogens is 166 g/mol. The number of benzene rings is 1. The molecule has 0 radical (unpaired) electrons. The smallest absolute Gasteiger partial charge is 0.252 e. The number of carbonyl (C=O) groups is 1. The van der Waals surface area contributed by atoms with Gasteiger partial charge in [-0.05, 0) is 18.1 Å². The Morgan fingerprint density at radius 1 is 1.54 bits per heavy atom. The van der Waals surface area contributed by atoms with E-state index in [9.17, 15) is 9.90 Å². The number of para-hydroxylation sites is 1. The molecule has 0 atom stereocenters. The molecule has 0 aliphatic rings. The molecule has 70 valence electrons. The summed E-state index contributed by atoms with van der Waals surface area (Å²) in [7, 11) is 0. The van der Waals surface area contributed by atoms with E-state index in [1.165, 1.54) is 6.07 Å². The van der Waals surface area contributed by atoms with Gasteiger partial charge in [-0.1, -0.05) is 25.5 Å². The number of rotatable bonds is 3. The average molecular weight is 179 g/mol. The fourth-order valence-electron chi connectivity index (χ4n) is 1.26. The second kappa shape index (κ2) is 3.94. The number of aromatic hydroxyl groups is 1. The van der Waals surface area contributed by atoms with Crippen LogP contribution in [-0.2, 0) is 6.42 Å². The minimum absolute atomic E-state index is 0.0249. The Morgan fingerprint density at radius 3 is 2.77 bits per heavy atom. The Morgan fingerprint density at radius 2 is 2.23 bits per heavy atom. The van der Waals surface area contributed by atoms with Gasteiger partial charge in [-0.3, -0.25) is 4.79 Å². The molecular formula is C10H13NO2. The van der Waals surface area contributed by atoms with Crippen molar-refractivity contribution >= 4 is 5.91 Å². The number of aryl methyl sites for hydroxylation is 1. The molecule has 0 aliphatic heterocycles. The lowest BCUT2D eigenvalue weighted by Gasteiger charge is -2.05. The zero-order chi connectivity index (χ0) is 9.84. The van der Waals surface area contributed by atoms with Crippen LogP contribution in [0.25, 0.3) is 0 Å². The molecule has 0 aliphatic carbocycles. The fraction of sp³-hybridized carbons (Fsp3) is 0.300. The highest BCUT2D eigenvalue weighted by Crippen LogP contribution is 2.22. The third kappa shape index (κ3) is 1.99. The first-order valence-corrected chi connectivity index (χ1v) is 4.27. The number of amides is 1. The van der Waals surface area contributed by atoms with Crippen molar-refractivity contribution in [1.82, 2.24) is 0 Å². The first kappa shape index (κ1) is 9.58. The summed E-state index contributed by atoms with van der Waals surface area (Å²) in [5, 5.41) is 9.59. The molecule has 0 heterocycles. The highest BCUT2D eigenvalue weighted by molar-refractivity contribution is 5.95. The number of carbonyl (C=O) groups excluding carboxylic acids is 1. The van der Waals surface area contributed by atoms with Crippen LogP contribution in [0, 0.1) is 0 Å². The highest BCUT2D eigenvalue weighted by atomic mass is 16.3. The molecule has 1 aromatic carbocycles. The minimum Gasteiger partial charge on any atom is -0.507 e. The molecule has 0 saturated heterocycles. The lowest BCUT2D eigenvalue weighted by molar-refractivity contribution is 0.0997. The van der Waals surface area contributed by atoms with Crippen LogP contribution in [0.2, 0.25) is 0 Å². The number of hydrogen-bond acceptors (Lipinski definition) is 2. The van der Waals surface area contributed by atoms with Gasteiger partial charge in [0.15, 0.2) is 0 Å². The molecule has 0 saturated carbocycles. The van der Waals surface area contributed by atoms with Crippen LogP contribution < -0.4 is 5.73 Å². The normalized spacial score (nSPS) is 9.92. The standard InChI is InChI=1S/C10H13NO2/c1-2-4-7-5-3-6-8(9(7)12)10(11)13/h3,5-6,12H,2,4H2,1H3,(H2,11,13). The van der Waals surface area contributed by atoms with E-state index in [1.807, 2.05) is 6.92 Å². The van der Waals surface area contributed by atoms with Crippen molar-refractivity contribution in [3.05, 3.63) is 29.3 Å². The fourth-order valence-corrected chi connectivity index (χ4v) is 1.26. The molecule has 3 nitrogen and oxygen atoms in total. The third-order valence-electron chi connectivity index (χ3n) is 1.90. The Labute approximate surface area is 77.2 Å². The summed E-state index contributed by atoms with van der Waals surface area (Å²) < 4.78 is 0. The van der Waals surface area contributed by atoms with Crippen LogP contribution in [0.5, 0.6) is 5.75 Å². The minimum atomic E-state index is -0.588. The molecule has 3 N–H and O–H groups in total. The lowest BCUT2D eigenvalue weighted by atomic mass is 10.0. The van der Waals surface area contributed by atoms with E-state index in [1.54, 1.807) is 12.1 Å². The zero-order valence-electron chi connectivity index (χ0n) is 7.58. The summed E-state index contributed by atoms with van der Waals surface area (Å²) in [6.07, 6.45) is 1.68. The van der Waals surface area contributed by atoms with Crippen molar-refractivity contribution in [3.8, 4) is 5.75 Å². The van der Waals surface area contributed by atoms with Crippen molar-refractivity contribution in [2.45, 2.75) is 19.8 Å². The van der Waals surface area contributed by atoms with E-state index >= 15 is 0 Å². The van der Waals surface area contributed by atoms with Gasteiger partial charge in [0.1, 0.15) is 5.75 Å². The third-order valence-corrected chi connectivity index (χ3v) is 1.90. The number of phenols is 1. The van der Waals surface area contributed by atoms with E-state index in [4.69, 9.17) is 5.73 Å². The topological polar surface area (TPSA) is 63.3 Å². The van der Waals surface area contributed by atoms with E-state index in [2.05, 4.69) is 0 Å². The van der Waals surface area contributed by atoms with E-state index in [0.29, 0.717) is 0 Å². The van der Waals surface area contributed by atoms with Gasteiger partial charge in [-0.15, -0.1) is 0 Å². The number of primary amides is 1. The lowest BCUT2D eigenvalue weighted by Crippen LogP contribution is -2.11. The highest BCUT2D eigenvalue weighted by Gasteiger charge is 2.09. The first-order chi connectivity index (χ1) is 6.16. The maximum atomic E-state index is 10.8. The predicted molar refractivity (Wildman–Crippen MR) is 50.6 cm³/mol. The van der Waals surface area contributed by atoms with Crippen LogP contribution in [0.1, 0.15) is 29.3 Å². The molecule has 0 unspecified atom stereocenters. The van der Waals surface area contributed by atoms with E-state index in [0.717, 1.165) is 18.4 Å². The summed E-state index contributed by atoms with van der Waals surface area (Å²) >= 11 is 0. The molecule has 0 spiro atoms. The molecule has 1 rings (SSSR count).